The van der Waals surface area contributed by atoms with Crippen LogP contribution in [0.2, 0.25) is 5.04 Å². The molecule has 0 saturated carbocycles. The summed E-state index contributed by atoms with van der Waals surface area (Å²) in [6.07, 6.45) is 2.15. The average molecular weight is 533 g/mol. The molecule has 2 unspecified atom stereocenters. The van der Waals surface area contributed by atoms with Crippen molar-refractivity contribution in [2.24, 2.45) is 0 Å². The lowest BCUT2D eigenvalue weighted by atomic mass is 9.87. The zero-order valence-corrected chi connectivity index (χ0v) is 24.2. The van der Waals surface area contributed by atoms with E-state index < -0.39 is 26.2 Å². The van der Waals surface area contributed by atoms with Crippen LogP contribution in [0.3, 0.4) is 0 Å². The summed E-state index contributed by atoms with van der Waals surface area (Å²) in [5, 5.41) is 12.5. The predicted octanol–water partition coefficient (Wildman–Crippen LogP) is 5.57. The van der Waals surface area contributed by atoms with Crippen molar-refractivity contribution in [3.63, 3.8) is 0 Å². The van der Waals surface area contributed by atoms with Crippen LogP contribution in [0.1, 0.15) is 57.2 Å². The largest absolute Gasteiger partial charge is 0.479 e. The number of unbranched alkanes of at least 4 members (excludes halogenated alkanes) is 1. The van der Waals surface area contributed by atoms with Gasteiger partial charge in [-0.25, -0.2) is 4.79 Å². The molecule has 6 heteroatoms. The maximum Gasteiger partial charge on any atom is 0.343 e. The number of rotatable bonds is 10. The zero-order chi connectivity index (χ0) is 27.4. The van der Waals surface area contributed by atoms with E-state index in [4.69, 9.17) is 13.9 Å². The molecular weight excluding hydrogens is 492 g/mol. The molecule has 1 aliphatic heterocycles. The quantitative estimate of drug-likeness (QED) is 0.273. The molecule has 38 heavy (non-hydrogen) atoms. The average Bonchev–Trinajstić information content (AvgIpc) is 3.30. The third-order valence-corrected chi connectivity index (χ3v) is 12.7. The molecule has 1 fully saturated rings. The number of carboxylic acid groups (broad SMARTS) is 1. The van der Waals surface area contributed by atoms with Crippen molar-refractivity contribution in [1.29, 1.82) is 0 Å². The Balaban J connectivity index is 1.50. The van der Waals surface area contributed by atoms with Gasteiger partial charge in [-0.15, -0.1) is 0 Å². The summed E-state index contributed by atoms with van der Waals surface area (Å²) in [6, 6.07) is 27.3. The van der Waals surface area contributed by atoms with Crippen LogP contribution in [0.5, 0.6) is 0 Å². The Kier molecular flexibility index (Phi) is 8.57. The van der Waals surface area contributed by atoms with Crippen LogP contribution in [0.4, 0.5) is 0 Å². The maximum absolute atomic E-state index is 12.2. The molecule has 0 aromatic heterocycles. The second-order valence-electron chi connectivity index (χ2n) is 11.2. The van der Waals surface area contributed by atoms with Crippen LogP contribution in [0.15, 0.2) is 78.9 Å². The van der Waals surface area contributed by atoms with Gasteiger partial charge in [0.15, 0.2) is 6.29 Å². The summed E-state index contributed by atoms with van der Waals surface area (Å²) in [4.78, 5) is 12.2. The van der Waals surface area contributed by atoms with Gasteiger partial charge < -0.3 is 19.0 Å². The SMILES string of the molecule is Cc1c(CCCCO[Si](c2ccccc2)(c2ccccc2)C(C)(C)C)cccc1C1(C(=O)O)COC(C)O1. The van der Waals surface area contributed by atoms with Gasteiger partial charge >= 0.3 is 5.97 Å². The van der Waals surface area contributed by atoms with Crippen molar-refractivity contribution in [3.8, 4) is 0 Å². The molecule has 1 heterocycles. The highest BCUT2D eigenvalue weighted by molar-refractivity contribution is 6.99. The number of carbonyl (C=O) groups is 1. The molecule has 0 spiro atoms. The lowest BCUT2D eigenvalue weighted by Crippen LogP contribution is -2.66. The minimum Gasteiger partial charge on any atom is -0.479 e. The summed E-state index contributed by atoms with van der Waals surface area (Å²) >= 11 is 0. The number of hydrogen-bond donors (Lipinski definition) is 1. The van der Waals surface area contributed by atoms with E-state index in [9.17, 15) is 9.90 Å². The Morgan fingerprint density at radius 2 is 1.58 bits per heavy atom. The third-order valence-electron chi connectivity index (χ3n) is 7.69. The number of ether oxygens (including phenoxy) is 2. The smallest absolute Gasteiger partial charge is 0.343 e. The van der Waals surface area contributed by atoms with Gasteiger partial charge in [-0.2, -0.15) is 0 Å². The van der Waals surface area contributed by atoms with Crippen molar-refractivity contribution >= 4 is 24.7 Å². The highest BCUT2D eigenvalue weighted by atomic mass is 28.4. The maximum atomic E-state index is 12.2. The lowest BCUT2D eigenvalue weighted by Gasteiger charge is -2.43. The topological polar surface area (TPSA) is 65.0 Å². The zero-order valence-electron chi connectivity index (χ0n) is 23.2. The Morgan fingerprint density at radius 3 is 2.08 bits per heavy atom. The van der Waals surface area contributed by atoms with Crippen LogP contribution in [-0.2, 0) is 30.7 Å². The summed E-state index contributed by atoms with van der Waals surface area (Å²) in [5.41, 5.74) is 1.32. The van der Waals surface area contributed by atoms with E-state index in [0.717, 1.165) is 30.4 Å². The van der Waals surface area contributed by atoms with Gasteiger partial charge in [-0.3, -0.25) is 0 Å². The first-order valence-corrected chi connectivity index (χ1v) is 15.4. The molecule has 0 radical (unpaired) electrons. The first-order chi connectivity index (χ1) is 18.1. The van der Waals surface area contributed by atoms with Crippen LogP contribution >= 0.6 is 0 Å². The fourth-order valence-corrected chi connectivity index (χ4v) is 10.4. The van der Waals surface area contributed by atoms with E-state index in [1.54, 1.807) is 6.92 Å². The molecule has 1 aliphatic rings. The molecular formula is C32H40O5Si. The number of carboxylic acids is 1. The van der Waals surface area contributed by atoms with Gasteiger partial charge in [-0.05, 0) is 59.6 Å². The second kappa shape index (κ2) is 11.5. The highest BCUT2D eigenvalue weighted by Crippen LogP contribution is 2.38. The molecule has 4 rings (SSSR count). The molecule has 5 nitrogen and oxygen atoms in total. The lowest BCUT2D eigenvalue weighted by molar-refractivity contribution is -0.165. The van der Waals surface area contributed by atoms with E-state index in [1.165, 1.54) is 10.4 Å². The molecule has 1 saturated heterocycles. The highest BCUT2D eigenvalue weighted by Gasteiger charge is 2.50. The minimum atomic E-state index is -2.54. The van der Waals surface area contributed by atoms with Crippen LogP contribution in [0, 0.1) is 6.92 Å². The predicted molar refractivity (Wildman–Crippen MR) is 154 cm³/mol. The van der Waals surface area contributed by atoms with Crippen LogP contribution < -0.4 is 10.4 Å². The van der Waals surface area contributed by atoms with Crippen LogP contribution in [0.25, 0.3) is 0 Å². The van der Waals surface area contributed by atoms with Gasteiger partial charge in [0.2, 0.25) is 5.60 Å². The number of benzene rings is 3. The van der Waals surface area contributed by atoms with Crippen molar-refractivity contribution < 1.29 is 23.8 Å². The molecule has 202 valence electrons. The van der Waals surface area contributed by atoms with E-state index >= 15 is 0 Å². The number of aliphatic carboxylic acids is 1. The van der Waals surface area contributed by atoms with Gasteiger partial charge in [-0.1, -0.05) is 99.6 Å². The Hall–Kier alpha value is -2.77. The minimum absolute atomic E-state index is 0.0140. The molecule has 0 aliphatic carbocycles. The Labute approximate surface area is 227 Å². The first-order valence-electron chi connectivity index (χ1n) is 13.5. The molecule has 3 aromatic carbocycles. The normalized spacial score (nSPS) is 20.0. The molecule has 1 N–H and O–H groups in total. The monoisotopic (exact) mass is 532 g/mol. The summed E-state index contributed by atoms with van der Waals surface area (Å²) in [5.74, 6) is -1.01. The van der Waals surface area contributed by atoms with Crippen molar-refractivity contribution in [1.82, 2.24) is 0 Å². The van der Waals surface area contributed by atoms with Gasteiger partial charge in [0.1, 0.15) is 0 Å². The van der Waals surface area contributed by atoms with Crippen LogP contribution in [-0.4, -0.2) is 38.9 Å². The molecule has 0 bridgehead atoms. The fourth-order valence-electron chi connectivity index (χ4n) is 5.75. The Morgan fingerprint density at radius 1 is 0.974 bits per heavy atom. The summed E-state index contributed by atoms with van der Waals surface area (Å²) in [6.45, 7) is 11.3. The third kappa shape index (κ3) is 5.36. The van der Waals surface area contributed by atoms with Gasteiger partial charge in [0.25, 0.3) is 8.32 Å². The van der Waals surface area contributed by atoms with E-state index in [-0.39, 0.29) is 11.6 Å². The first kappa shape index (κ1) is 28.2. The van der Waals surface area contributed by atoms with Gasteiger partial charge in [0, 0.05) is 12.2 Å². The van der Waals surface area contributed by atoms with Gasteiger partial charge in [0.05, 0.1) is 6.61 Å². The standard InChI is InChI=1S/C32H40O5Si/c1-24-26(16-14-21-29(24)32(30(33)34)23-35-25(2)37-32)15-12-13-22-36-38(31(3,4)5,27-17-8-6-9-18-27)28-19-10-7-11-20-28/h6-11,14,16-21,25H,12-13,15,22-23H2,1-5H3,(H,33,34). The second-order valence-corrected chi connectivity index (χ2v) is 15.5. The fraction of sp³-hybridized carbons (Fsp3) is 0.406. The van der Waals surface area contributed by atoms with E-state index in [2.05, 4.69) is 87.5 Å². The molecule has 0 amide bonds. The number of aryl methyl sites for hydroxylation is 1. The summed E-state index contributed by atoms with van der Waals surface area (Å²) in [7, 11) is -2.54. The molecule has 3 aromatic rings. The Bertz CT molecular complexity index is 1180. The summed E-state index contributed by atoms with van der Waals surface area (Å²) < 4.78 is 18.3. The van der Waals surface area contributed by atoms with Crippen molar-refractivity contribution in [2.75, 3.05) is 13.2 Å². The number of hydrogen-bond acceptors (Lipinski definition) is 4. The van der Waals surface area contributed by atoms with Crippen molar-refractivity contribution in [2.45, 2.75) is 70.8 Å². The van der Waals surface area contributed by atoms with E-state index in [1.807, 2.05) is 19.1 Å². The van der Waals surface area contributed by atoms with Crippen molar-refractivity contribution in [3.05, 3.63) is 95.6 Å². The van der Waals surface area contributed by atoms with E-state index in [0.29, 0.717) is 12.2 Å². The molecule has 2 atom stereocenters.